The molecule has 0 saturated heterocycles. The Morgan fingerprint density at radius 2 is 2.21 bits per heavy atom. The average Bonchev–Trinajstić information content (AvgIpc) is 2.47. The monoisotopic (exact) mass is 254 g/mol. The van der Waals surface area contributed by atoms with E-state index < -0.39 is 0 Å². The SMILES string of the molecule is Cc1ccc(C#N)cc1OCc1ccc(NN)nc1. The van der Waals surface area contributed by atoms with E-state index in [4.69, 9.17) is 15.8 Å². The second-order valence-electron chi connectivity index (χ2n) is 4.08. The topological polar surface area (TPSA) is 84.0 Å². The van der Waals surface area contributed by atoms with Gasteiger partial charge < -0.3 is 10.2 Å². The summed E-state index contributed by atoms with van der Waals surface area (Å²) in [5, 5.41) is 8.86. The maximum absolute atomic E-state index is 8.86. The van der Waals surface area contributed by atoms with Crippen LogP contribution in [-0.4, -0.2) is 4.98 Å². The van der Waals surface area contributed by atoms with Crippen LogP contribution in [0.2, 0.25) is 0 Å². The van der Waals surface area contributed by atoms with Crippen molar-refractivity contribution in [2.24, 2.45) is 5.84 Å². The number of benzene rings is 1. The van der Waals surface area contributed by atoms with Gasteiger partial charge in [0.2, 0.25) is 0 Å². The summed E-state index contributed by atoms with van der Waals surface area (Å²) in [7, 11) is 0. The van der Waals surface area contributed by atoms with Crippen LogP contribution in [0.4, 0.5) is 5.82 Å². The number of aromatic nitrogens is 1. The highest BCUT2D eigenvalue weighted by molar-refractivity contribution is 5.42. The Kier molecular flexibility index (Phi) is 3.96. The normalized spacial score (nSPS) is 9.74. The minimum absolute atomic E-state index is 0.396. The first-order valence-electron chi connectivity index (χ1n) is 5.78. The van der Waals surface area contributed by atoms with Crippen LogP contribution in [0.5, 0.6) is 5.75 Å². The van der Waals surface area contributed by atoms with Crippen molar-refractivity contribution in [1.29, 1.82) is 5.26 Å². The minimum atomic E-state index is 0.396. The van der Waals surface area contributed by atoms with E-state index in [1.807, 2.05) is 19.1 Å². The molecule has 0 amide bonds. The molecule has 0 aliphatic carbocycles. The van der Waals surface area contributed by atoms with Crippen molar-refractivity contribution in [3.8, 4) is 11.8 Å². The maximum atomic E-state index is 8.86. The molecule has 0 aliphatic heterocycles. The standard InChI is InChI=1S/C14H14N4O/c1-10-2-3-11(7-15)6-13(10)19-9-12-4-5-14(18-16)17-8-12/h2-6,8H,9,16H2,1H3,(H,17,18). The Morgan fingerprint density at radius 1 is 1.37 bits per heavy atom. The molecule has 0 fully saturated rings. The molecular weight excluding hydrogens is 240 g/mol. The predicted octanol–water partition coefficient (Wildman–Crippen LogP) is 2.13. The van der Waals surface area contributed by atoms with Gasteiger partial charge in [-0.15, -0.1) is 0 Å². The van der Waals surface area contributed by atoms with Crippen molar-refractivity contribution in [3.63, 3.8) is 0 Å². The van der Waals surface area contributed by atoms with E-state index in [2.05, 4.69) is 16.5 Å². The van der Waals surface area contributed by atoms with E-state index >= 15 is 0 Å². The molecule has 0 aliphatic rings. The van der Waals surface area contributed by atoms with Crippen LogP contribution in [0.1, 0.15) is 16.7 Å². The Balaban J connectivity index is 2.07. The summed E-state index contributed by atoms with van der Waals surface area (Å²) in [4.78, 5) is 4.10. The predicted molar refractivity (Wildman–Crippen MR) is 72.3 cm³/mol. The van der Waals surface area contributed by atoms with Gasteiger partial charge in [-0.1, -0.05) is 12.1 Å². The highest BCUT2D eigenvalue weighted by Crippen LogP contribution is 2.20. The van der Waals surface area contributed by atoms with Gasteiger partial charge in [0.1, 0.15) is 18.2 Å². The summed E-state index contributed by atoms with van der Waals surface area (Å²) >= 11 is 0. The third-order valence-corrected chi connectivity index (χ3v) is 2.68. The van der Waals surface area contributed by atoms with Gasteiger partial charge in [-0.2, -0.15) is 5.26 Å². The molecule has 0 spiro atoms. The molecule has 5 nitrogen and oxygen atoms in total. The van der Waals surface area contributed by atoms with E-state index in [0.717, 1.165) is 11.1 Å². The Labute approximate surface area is 111 Å². The van der Waals surface area contributed by atoms with Crippen LogP contribution in [0, 0.1) is 18.3 Å². The molecule has 19 heavy (non-hydrogen) atoms. The van der Waals surface area contributed by atoms with Gasteiger partial charge in [0.15, 0.2) is 0 Å². The summed E-state index contributed by atoms with van der Waals surface area (Å²) in [5.41, 5.74) is 4.97. The van der Waals surface area contributed by atoms with E-state index in [0.29, 0.717) is 23.7 Å². The van der Waals surface area contributed by atoms with Gasteiger partial charge in [0.05, 0.1) is 11.6 Å². The number of ether oxygens (including phenoxy) is 1. The fourth-order valence-corrected chi connectivity index (χ4v) is 1.58. The van der Waals surface area contributed by atoms with Crippen LogP contribution < -0.4 is 16.0 Å². The molecule has 1 aromatic carbocycles. The van der Waals surface area contributed by atoms with E-state index in [9.17, 15) is 0 Å². The Bertz CT molecular complexity index is 602. The summed E-state index contributed by atoms with van der Waals surface area (Å²) in [6.45, 7) is 2.34. The van der Waals surface area contributed by atoms with Crippen LogP contribution in [-0.2, 0) is 6.61 Å². The first kappa shape index (κ1) is 12.9. The van der Waals surface area contributed by atoms with Crippen LogP contribution in [0.25, 0.3) is 0 Å². The molecule has 0 atom stereocenters. The third-order valence-electron chi connectivity index (χ3n) is 2.68. The Morgan fingerprint density at radius 3 is 2.84 bits per heavy atom. The first-order chi connectivity index (χ1) is 9.22. The number of anilines is 1. The van der Waals surface area contributed by atoms with Crippen LogP contribution >= 0.6 is 0 Å². The fourth-order valence-electron chi connectivity index (χ4n) is 1.58. The Hall–Kier alpha value is -2.58. The molecule has 0 saturated carbocycles. The molecule has 0 bridgehead atoms. The number of nitriles is 1. The number of nitrogen functional groups attached to an aromatic ring is 1. The third kappa shape index (κ3) is 3.21. The number of nitrogens with zero attached hydrogens (tertiary/aromatic N) is 2. The number of hydrogen-bond donors (Lipinski definition) is 2. The van der Waals surface area contributed by atoms with Gasteiger partial charge in [0, 0.05) is 11.8 Å². The summed E-state index contributed by atoms with van der Waals surface area (Å²) in [6.07, 6.45) is 1.69. The molecule has 3 N–H and O–H groups in total. The molecular formula is C14H14N4O. The second kappa shape index (κ2) is 5.85. The highest BCUT2D eigenvalue weighted by atomic mass is 16.5. The molecule has 1 aromatic heterocycles. The van der Waals surface area contributed by atoms with Crippen LogP contribution in [0.3, 0.4) is 0 Å². The zero-order valence-corrected chi connectivity index (χ0v) is 10.6. The van der Waals surface area contributed by atoms with Crippen LogP contribution in [0.15, 0.2) is 36.5 Å². The van der Waals surface area contributed by atoms with E-state index in [1.165, 1.54) is 0 Å². The van der Waals surface area contributed by atoms with Crippen molar-refractivity contribution in [2.75, 3.05) is 5.43 Å². The second-order valence-corrected chi connectivity index (χ2v) is 4.08. The number of pyridine rings is 1. The van der Waals surface area contributed by atoms with Crippen molar-refractivity contribution in [2.45, 2.75) is 13.5 Å². The molecule has 0 radical (unpaired) electrons. The number of nitrogens with two attached hydrogens (primary N) is 1. The smallest absolute Gasteiger partial charge is 0.139 e. The van der Waals surface area contributed by atoms with E-state index in [-0.39, 0.29) is 0 Å². The minimum Gasteiger partial charge on any atom is -0.489 e. The lowest BCUT2D eigenvalue weighted by Gasteiger charge is -2.09. The lowest BCUT2D eigenvalue weighted by Crippen LogP contribution is -2.08. The molecule has 96 valence electrons. The molecule has 2 rings (SSSR count). The zero-order chi connectivity index (χ0) is 13.7. The molecule has 2 aromatic rings. The van der Waals surface area contributed by atoms with Crippen molar-refractivity contribution < 1.29 is 4.74 Å². The maximum Gasteiger partial charge on any atom is 0.139 e. The van der Waals surface area contributed by atoms with Crippen molar-refractivity contribution >= 4 is 5.82 Å². The van der Waals surface area contributed by atoms with Gasteiger partial charge in [-0.05, 0) is 30.7 Å². The molecule has 5 heteroatoms. The lowest BCUT2D eigenvalue weighted by atomic mass is 10.1. The number of aryl methyl sites for hydroxylation is 1. The fraction of sp³-hybridized carbons (Fsp3) is 0.143. The van der Waals surface area contributed by atoms with Crippen molar-refractivity contribution in [3.05, 3.63) is 53.2 Å². The quantitative estimate of drug-likeness (QED) is 0.645. The number of rotatable bonds is 4. The average molecular weight is 254 g/mol. The largest absolute Gasteiger partial charge is 0.489 e. The highest BCUT2D eigenvalue weighted by Gasteiger charge is 2.02. The summed E-state index contributed by atoms with van der Waals surface area (Å²) < 4.78 is 5.70. The van der Waals surface area contributed by atoms with Crippen molar-refractivity contribution in [1.82, 2.24) is 4.98 Å². The van der Waals surface area contributed by atoms with Gasteiger partial charge in [0.25, 0.3) is 0 Å². The first-order valence-corrected chi connectivity index (χ1v) is 5.78. The summed E-state index contributed by atoms with van der Waals surface area (Å²) in [6, 6.07) is 11.1. The molecule has 1 heterocycles. The van der Waals surface area contributed by atoms with E-state index in [1.54, 1.807) is 24.4 Å². The number of hydrazine groups is 1. The van der Waals surface area contributed by atoms with Gasteiger partial charge in [-0.3, -0.25) is 0 Å². The van der Waals surface area contributed by atoms with Gasteiger partial charge in [-0.25, -0.2) is 10.8 Å². The number of nitrogens with one attached hydrogen (secondary N) is 1. The number of hydrogen-bond acceptors (Lipinski definition) is 5. The zero-order valence-electron chi connectivity index (χ0n) is 10.6. The lowest BCUT2D eigenvalue weighted by molar-refractivity contribution is 0.303. The summed E-state index contributed by atoms with van der Waals surface area (Å²) in [5.74, 6) is 6.55. The molecule has 0 unspecified atom stereocenters. The van der Waals surface area contributed by atoms with Gasteiger partial charge >= 0.3 is 0 Å².